The van der Waals surface area contributed by atoms with Crippen LogP contribution in [0.3, 0.4) is 0 Å². The zero-order chi connectivity index (χ0) is 18.8. The van der Waals surface area contributed by atoms with Gasteiger partial charge < -0.3 is 9.32 Å². The Kier molecular flexibility index (Phi) is 6.53. The zero-order valence-electron chi connectivity index (χ0n) is 15.4. The fourth-order valence-corrected chi connectivity index (χ4v) is 5.78. The fourth-order valence-electron chi connectivity index (χ4n) is 3.17. The number of nitrogens with zero attached hydrogens (tertiary/aromatic N) is 3. The highest BCUT2D eigenvalue weighted by Crippen LogP contribution is 2.27. The number of aromatic nitrogens is 2. The molecule has 1 amide bonds. The van der Waals surface area contributed by atoms with Crippen LogP contribution in [0.5, 0.6) is 0 Å². The first kappa shape index (κ1) is 20.2. The van der Waals surface area contributed by atoms with Crippen LogP contribution in [-0.2, 0) is 21.1 Å². The van der Waals surface area contributed by atoms with E-state index in [0.29, 0.717) is 24.0 Å². The summed E-state index contributed by atoms with van der Waals surface area (Å²) in [4.78, 5) is 14.5. The molecule has 9 heteroatoms. The van der Waals surface area contributed by atoms with Crippen LogP contribution in [0.1, 0.15) is 46.9 Å². The Morgan fingerprint density at radius 3 is 2.40 bits per heavy atom. The molecule has 1 aromatic rings. The minimum absolute atomic E-state index is 0.0386. The van der Waals surface area contributed by atoms with Crippen LogP contribution in [-0.4, -0.2) is 58.3 Å². The Hall–Kier alpha value is -1.09. The van der Waals surface area contributed by atoms with Crippen molar-refractivity contribution in [2.24, 2.45) is 5.92 Å². The molecule has 142 valence electrons. The largest absolute Gasteiger partial charge is 0.416 e. The molecule has 1 aliphatic rings. The molecule has 2 heterocycles. The molecule has 1 aliphatic heterocycles. The van der Waals surface area contributed by atoms with E-state index in [1.165, 1.54) is 11.8 Å². The monoisotopic (exact) mass is 389 g/mol. The quantitative estimate of drug-likeness (QED) is 0.660. The van der Waals surface area contributed by atoms with Crippen molar-refractivity contribution in [3.8, 4) is 0 Å². The molecular weight excluding hydrogens is 362 g/mol. The minimum Gasteiger partial charge on any atom is -0.416 e. The lowest BCUT2D eigenvalue weighted by atomic mass is 10.1. The number of sulfone groups is 1. The highest BCUT2D eigenvalue weighted by atomic mass is 32.2. The summed E-state index contributed by atoms with van der Waals surface area (Å²) >= 11 is 1.24. The molecule has 1 fully saturated rings. The first-order valence-corrected chi connectivity index (χ1v) is 11.3. The van der Waals surface area contributed by atoms with Crippen LogP contribution < -0.4 is 0 Å². The predicted molar refractivity (Wildman–Crippen MR) is 97.2 cm³/mol. The molecule has 1 aromatic heterocycles. The molecule has 0 N–H and O–H groups in total. The second-order valence-corrected chi connectivity index (χ2v) is 10.6. The summed E-state index contributed by atoms with van der Waals surface area (Å²) < 4.78 is 28.6. The lowest BCUT2D eigenvalue weighted by Gasteiger charge is -2.32. The molecule has 0 aliphatic carbocycles. The molecule has 2 atom stereocenters. The lowest BCUT2D eigenvalue weighted by Crippen LogP contribution is -2.45. The Morgan fingerprint density at radius 2 is 1.88 bits per heavy atom. The van der Waals surface area contributed by atoms with Gasteiger partial charge in [-0.1, -0.05) is 11.8 Å². The Morgan fingerprint density at radius 1 is 1.24 bits per heavy atom. The van der Waals surface area contributed by atoms with Crippen LogP contribution in [0.2, 0.25) is 0 Å². The van der Waals surface area contributed by atoms with Crippen LogP contribution in [0.15, 0.2) is 9.64 Å². The summed E-state index contributed by atoms with van der Waals surface area (Å²) in [5.74, 6) is 0.939. The van der Waals surface area contributed by atoms with Crippen LogP contribution in [0.25, 0.3) is 0 Å². The van der Waals surface area contributed by atoms with Crippen LogP contribution >= 0.6 is 11.8 Å². The molecule has 0 unspecified atom stereocenters. The van der Waals surface area contributed by atoms with Crippen molar-refractivity contribution >= 4 is 27.5 Å². The number of carbonyl (C=O) groups excluding carboxylic acids is 1. The van der Waals surface area contributed by atoms with Crippen LogP contribution in [0, 0.1) is 5.92 Å². The van der Waals surface area contributed by atoms with E-state index in [-0.39, 0.29) is 40.7 Å². The maximum atomic E-state index is 12.6. The third-order valence-electron chi connectivity index (χ3n) is 4.23. The van der Waals surface area contributed by atoms with Gasteiger partial charge in [0.15, 0.2) is 9.84 Å². The zero-order valence-corrected chi connectivity index (χ0v) is 17.1. The Bertz CT molecular complexity index is 692. The van der Waals surface area contributed by atoms with E-state index in [1.807, 2.05) is 39.5 Å². The summed E-state index contributed by atoms with van der Waals surface area (Å²) in [6, 6.07) is 0.247. The van der Waals surface area contributed by atoms with E-state index in [2.05, 4.69) is 10.2 Å². The Balaban J connectivity index is 1.95. The molecule has 7 nitrogen and oxygen atoms in total. The molecule has 0 bridgehead atoms. The SMILES string of the molecule is CC(C)N(C(=O)[C@@H](C)Sc1nnc(C[C@H]2CCS(=O)(=O)C2)o1)C(C)C. The van der Waals surface area contributed by atoms with E-state index < -0.39 is 9.84 Å². The first-order chi connectivity index (χ1) is 11.6. The third kappa shape index (κ3) is 5.44. The van der Waals surface area contributed by atoms with Gasteiger partial charge in [-0.25, -0.2) is 8.42 Å². The van der Waals surface area contributed by atoms with Gasteiger partial charge in [-0.3, -0.25) is 4.79 Å². The highest BCUT2D eigenvalue weighted by Gasteiger charge is 2.30. The number of carbonyl (C=O) groups is 1. The summed E-state index contributed by atoms with van der Waals surface area (Å²) in [6.07, 6.45) is 1.11. The standard InChI is InChI=1S/C16H27N3O4S2/c1-10(2)19(11(3)4)15(20)12(5)24-16-18-17-14(23-16)8-13-6-7-25(21,22)9-13/h10-13H,6-9H2,1-5H3/t12-,13-/m1/s1. The maximum Gasteiger partial charge on any atom is 0.277 e. The van der Waals surface area contributed by atoms with Gasteiger partial charge >= 0.3 is 0 Å². The molecule has 25 heavy (non-hydrogen) atoms. The van der Waals surface area contributed by atoms with Crippen molar-refractivity contribution in [2.45, 2.75) is 70.0 Å². The summed E-state index contributed by atoms with van der Waals surface area (Å²) in [6.45, 7) is 9.81. The summed E-state index contributed by atoms with van der Waals surface area (Å²) in [5.41, 5.74) is 0. The Labute approximate surface area is 153 Å². The van der Waals surface area contributed by atoms with Gasteiger partial charge in [-0.05, 0) is 47.0 Å². The lowest BCUT2D eigenvalue weighted by molar-refractivity contribution is -0.133. The van der Waals surface area contributed by atoms with E-state index in [4.69, 9.17) is 4.42 Å². The van der Waals surface area contributed by atoms with Gasteiger partial charge in [0, 0.05) is 18.5 Å². The van der Waals surface area contributed by atoms with Gasteiger partial charge in [0.2, 0.25) is 11.8 Å². The topological polar surface area (TPSA) is 93.4 Å². The maximum absolute atomic E-state index is 12.6. The molecule has 0 spiro atoms. The highest BCUT2D eigenvalue weighted by molar-refractivity contribution is 8.00. The van der Waals surface area contributed by atoms with Crippen molar-refractivity contribution in [3.63, 3.8) is 0 Å². The smallest absolute Gasteiger partial charge is 0.277 e. The number of rotatable bonds is 7. The van der Waals surface area contributed by atoms with Gasteiger partial charge in [0.05, 0.1) is 16.8 Å². The van der Waals surface area contributed by atoms with E-state index in [9.17, 15) is 13.2 Å². The number of hydrogen-bond donors (Lipinski definition) is 0. The van der Waals surface area contributed by atoms with Gasteiger partial charge in [0.25, 0.3) is 5.22 Å². The van der Waals surface area contributed by atoms with Gasteiger partial charge in [0.1, 0.15) is 0 Å². The average molecular weight is 390 g/mol. The molecular formula is C16H27N3O4S2. The molecule has 0 aromatic carbocycles. The fraction of sp³-hybridized carbons (Fsp3) is 0.812. The molecule has 1 saturated heterocycles. The predicted octanol–water partition coefficient (Wildman–Crippen LogP) is 2.17. The number of amides is 1. The van der Waals surface area contributed by atoms with E-state index in [0.717, 1.165) is 0 Å². The molecule has 0 radical (unpaired) electrons. The number of thioether (sulfide) groups is 1. The van der Waals surface area contributed by atoms with Gasteiger partial charge in [-0.2, -0.15) is 0 Å². The second-order valence-electron chi connectivity index (χ2n) is 7.13. The molecule has 2 rings (SSSR count). The number of hydrogen-bond acceptors (Lipinski definition) is 7. The average Bonchev–Trinajstić information content (AvgIpc) is 3.04. The van der Waals surface area contributed by atoms with Crippen molar-refractivity contribution in [1.29, 1.82) is 0 Å². The normalized spacial score (nSPS) is 21.0. The second kappa shape index (κ2) is 8.07. The van der Waals surface area contributed by atoms with E-state index in [1.54, 1.807) is 0 Å². The first-order valence-electron chi connectivity index (χ1n) is 8.60. The van der Waals surface area contributed by atoms with Crippen molar-refractivity contribution < 1.29 is 17.6 Å². The summed E-state index contributed by atoms with van der Waals surface area (Å²) in [5, 5.41) is 8.01. The summed E-state index contributed by atoms with van der Waals surface area (Å²) in [7, 11) is -2.91. The van der Waals surface area contributed by atoms with Crippen LogP contribution in [0.4, 0.5) is 0 Å². The minimum atomic E-state index is -2.91. The van der Waals surface area contributed by atoms with Gasteiger partial charge in [-0.15, -0.1) is 10.2 Å². The van der Waals surface area contributed by atoms with Crippen molar-refractivity contribution in [3.05, 3.63) is 5.89 Å². The third-order valence-corrected chi connectivity index (χ3v) is 6.99. The van der Waals surface area contributed by atoms with Crippen molar-refractivity contribution in [1.82, 2.24) is 15.1 Å². The van der Waals surface area contributed by atoms with E-state index >= 15 is 0 Å². The van der Waals surface area contributed by atoms with Crippen molar-refractivity contribution in [2.75, 3.05) is 11.5 Å². The molecule has 0 saturated carbocycles.